The molecular weight excluding hydrogens is 374 g/mol. The summed E-state index contributed by atoms with van der Waals surface area (Å²) in [7, 11) is 0. The molecule has 1 aromatic carbocycles. The largest absolute Gasteiger partial charge is 0.297 e. The van der Waals surface area contributed by atoms with Crippen molar-refractivity contribution in [1.29, 1.82) is 0 Å². The number of nitrogens with zero attached hydrogens (tertiary/aromatic N) is 4. The summed E-state index contributed by atoms with van der Waals surface area (Å²) in [6.45, 7) is 8.25. The second-order valence-electron chi connectivity index (χ2n) is 7.00. The Balaban J connectivity index is 1.36. The second-order valence-corrected chi connectivity index (χ2v) is 8.15. The van der Waals surface area contributed by atoms with Crippen LogP contribution in [0.1, 0.15) is 18.1 Å². The molecule has 1 aliphatic rings. The van der Waals surface area contributed by atoms with E-state index in [0.717, 1.165) is 57.2 Å². The molecule has 2 aromatic heterocycles. The van der Waals surface area contributed by atoms with Gasteiger partial charge in [-0.05, 0) is 46.6 Å². The Bertz CT molecular complexity index is 903. The van der Waals surface area contributed by atoms with Crippen LogP contribution in [0.25, 0.3) is 11.4 Å². The summed E-state index contributed by atoms with van der Waals surface area (Å²) in [4.78, 5) is 9.50. The van der Waals surface area contributed by atoms with Crippen molar-refractivity contribution in [2.45, 2.75) is 26.6 Å². The Morgan fingerprint density at radius 1 is 1.04 bits per heavy atom. The lowest BCUT2D eigenvalue weighted by Crippen LogP contribution is -2.46. The minimum absolute atomic E-state index is 0.616. The first-order chi connectivity index (χ1) is 13.2. The van der Waals surface area contributed by atoms with E-state index in [2.05, 4.69) is 67.9 Å². The summed E-state index contributed by atoms with van der Waals surface area (Å²) in [5.41, 5.74) is 3.83. The third kappa shape index (κ3) is 4.55. The summed E-state index contributed by atoms with van der Waals surface area (Å²) in [5, 5.41) is 7.77. The first-order valence-electron chi connectivity index (χ1n) is 9.43. The van der Waals surface area contributed by atoms with Crippen LogP contribution in [0.3, 0.4) is 0 Å². The minimum atomic E-state index is 0.616. The number of thiophene rings is 1. The van der Waals surface area contributed by atoms with Crippen LogP contribution in [0, 0.1) is 4.77 Å². The van der Waals surface area contributed by atoms with E-state index in [1.807, 2.05) is 4.68 Å². The molecule has 0 amide bonds. The van der Waals surface area contributed by atoms with Gasteiger partial charge in [-0.25, -0.2) is 4.68 Å². The average Bonchev–Trinajstić information content (AvgIpc) is 3.33. The van der Waals surface area contributed by atoms with Gasteiger partial charge >= 0.3 is 0 Å². The summed E-state index contributed by atoms with van der Waals surface area (Å²) in [6, 6.07) is 10.7. The zero-order valence-electron chi connectivity index (χ0n) is 15.6. The van der Waals surface area contributed by atoms with E-state index >= 15 is 0 Å². The van der Waals surface area contributed by atoms with Crippen LogP contribution in [-0.4, -0.2) is 50.7 Å². The quantitative estimate of drug-likeness (QED) is 0.636. The van der Waals surface area contributed by atoms with Crippen LogP contribution in [0.4, 0.5) is 0 Å². The highest BCUT2D eigenvalue weighted by Crippen LogP contribution is 2.17. The van der Waals surface area contributed by atoms with Crippen molar-refractivity contribution < 1.29 is 0 Å². The predicted octanol–water partition coefficient (Wildman–Crippen LogP) is 4.01. The fourth-order valence-electron chi connectivity index (χ4n) is 3.41. The summed E-state index contributed by atoms with van der Waals surface area (Å²) in [5.74, 6) is 0.846. The molecule has 1 aliphatic heterocycles. The highest BCUT2D eigenvalue weighted by atomic mass is 32.1. The summed E-state index contributed by atoms with van der Waals surface area (Å²) < 4.78 is 2.60. The Hall–Kier alpha value is -1.80. The molecule has 1 fully saturated rings. The van der Waals surface area contributed by atoms with Gasteiger partial charge in [-0.1, -0.05) is 31.2 Å². The van der Waals surface area contributed by atoms with E-state index in [0.29, 0.717) is 4.77 Å². The molecule has 3 heterocycles. The van der Waals surface area contributed by atoms with Gasteiger partial charge in [-0.15, -0.1) is 0 Å². The predicted molar refractivity (Wildman–Crippen MR) is 113 cm³/mol. The van der Waals surface area contributed by atoms with E-state index in [-0.39, 0.29) is 0 Å². The molecule has 4 rings (SSSR count). The molecule has 27 heavy (non-hydrogen) atoms. The number of aromatic amines is 1. The van der Waals surface area contributed by atoms with Crippen LogP contribution < -0.4 is 0 Å². The number of hydrogen-bond acceptors (Lipinski definition) is 5. The SMILES string of the molecule is CCc1ccc(-c2nc(=S)n(CN3CCN(Cc4ccsc4)CC3)[nH]2)cc1. The number of nitrogens with one attached hydrogen (secondary N) is 1. The van der Waals surface area contributed by atoms with Crippen LogP contribution in [0.2, 0.25) is 0 Å². The molecule has 0 radical (unpaired) electrons. The maximum Gasteiger partial charge on any atom is 0.217 e. The zero-order chi connectivity index (χ0) is 18.6. The molecule has 1 N–H and O–H groups in total. The van der Waals surface area contributed by atoms with E-state index < -0.39 is 0 Å². The molecule has 0 atom stereocenters. The van der Waals surface area contributed by atoms with E-state index in [9.17, 15) is 0 Å². The van der Waals surface area contributed by atoms with Gasteiger partial charge in [-0.2, -0.15) is 16.3 Å². The number of rotatable bonds is 6. The molecule has 0 unspecified atom stereocenters. The van der Waals surface area contributed by atoms with Gasteiger partial charge in [0.05, 0.1) is 6.67 Å². The maximum atomic E-state index is 5.47. The fraction of sp³-hybridized carbons (Fsp3) is 0.400. The van der Waals surface area contributed by atoms with E-state index in [1.165, 1.54) is 11.1 Å². The van der Waals surface area contributed by atoms with Gasteiger partial charge in [0.1, 0.15) is 0 Å². The fourth-order valence-corrected chi connectivity index (χ4v) is 4.26. The molecule has 142 valence electrons. The average molecular weight is 400 g/mol. The van der Waals surface area contributed by atoms with Crippen molar-refractivity contribution in [1.82, 2.24) is 24.6 Å². The van der Waals surface area contributed by atoms with Gasteiger partial charge in [0.2, 0.25) is 4.77 Å². The molecular formula is C20H25N5S2. The van der Waals surface area contributed by atoms with Crippen molar-refractivity contribution in [2.75, 3.05) is 26.2 Å². The first-order valence-corrected chi connectivity index (χ1v) is 10.8. The molecule has 0 aliphatic carbocycles. The number of aromatic nitrogens is 3. The summed E-state index contributed by atoms with van der Waals surface area (Å²) in [6.07, 6.45) is 1.04. The highest BCUT2D eigenvalue weighted by molar-refractivity contribution is 7.71. The molecule has 3 aromatic rings. The smallest absolute Gasteiger partial charge is 0.217 e. The number of benzene rings is 1. The maximum absolute atomic E-state index is 5.47. The van der Waals surface area contributed by atoms with Crippen LogP contribution in [-0.2, 0) is 19.6 Å². The van der Waals surface area contributed by atoms with Gasteiger partial charge in [0, 0.05) is 38.3 Å². The summed E-state index contributed by atoms with van der Waals surface area (Å²) >= 11 is 7.25. The van der Waals surface area contributed by atoms with Gasteiger partial charge in [0.25, 0.3) is 0 Å². The van der Waals surface area contributed by atoms with Gasteiger partial charge in [-0.3, -0.25) is 14.9 Å². The third-order valence-electron chi connectivity index (χ3n) is 5.11. The van der Waals surface area contributed by atoms with Crippen LogP contribution >= 0.6 is 23.6 Å². The van der Waals surface area contributed by atoms with Crippen LogP contribution in [0.5, 0.6) is 0 Å². The lowest BCUT2D eigenvalue weighted by Gasteiger charge is -2.34. The van der Waals surface area contributed by atoms with Crippen LogP contribution in [0.15, 0.2) is 41.1 Å². The van der Waals surface area contributed by atoms with Gasteiger partial charge in [0.15, 0.2) is 5.82 Å². The van der Waals surface area contributed by atoms with Crippen molar-refractivity contribution in [3.63, 3.8) is 0 Å². The molecule has 5 nitrogen and oxygen atoms in total. The molecule has 0 saturated carbocycles. The molecule has 7 heteroatoms. The lowest BCUT2D eigenvalue weighted by atomic mass is 10.1. The Morgan fingerprint density at radius 3 is 2.44 bits per heavy atom. The number of piperazine rings is 1. The third-order valence-corrected chi connectivity index (χ3v) is 6.15. The monoisotopic (exact) mass is 399 g/mol. The van der Waals surface area contributed by atoms with Crippen molar-refractivity contribution >= 4 is 23.6 Å². The molecule has 1 saturated heterocycles. The number of hydrogen-bond donors (Lipinski definition) is 1. The molecule has 0 spiro atoms. The Kier molecular flexibility index (Phi) is 5.83. The van der Waals surface area contributed by atoms with Crippen molar-refractivity contribution in [3.8, 4) is 11.4 Å². The standard InChI is InChI=1S/C20H25N5S2/c1-2-16-3-5-18(6-4-16)19-21-20(26)25(22-19)15-24-10-8-23(9-11-24)13-17-7-12-27-14-17/h3-7,12,14H,2,8-11,13,15H2,1H3,(H,21,22,26). The van der Waals surface area contributed by atoms with E-state index in [1.54, 1.807) is 11.3 Å². The lowest BCUT2D eigenvalue weighted by molar-refractivity contribution is 0.0983. The van der Waals surface area contributed by atoms with Gasteiger partial charge < -0.3 is 0 Å². The number of H-pyrrole nitrogens is 1. The van der Waals surface area contributed by atoms with Crippen molar-refractivity contribution in [3.05, 3.63) is 57.0 Å². The van der Waals surface area contributed by atoms with E-state index in [4.69, 9.17) is 12.2 Å². The highest BCUT2D eigenvalue weighted by Gasteiger charge is 2.18. The Labute approximate surface area is 169 Å². The van der Waals surface area contributed by atoms with Crippen molar-refractivity contribution in [2.24, 2.45) is 0 Å². The number of aryl methyl sites for hydroxylation is 1. The second kappa shape index (κ2) is 8.48. The topological polar surface area (TPSA) is 40.1 Å². The normalized spacial score (nSPS) is 16.0. The zero-order valence-corrected chi connectivity index (χ0v) is 17.2. The molecule has 0 bridgehead atoms. The first kappa shape index (κ1) is 18.6. The minimum Gasteiger partial charge on any atom is -0.297 e. The Morgan fingerprint density at radius 2 is 1.78 bits per heavy atom.